The molecule has 0 atom stereocenters. The second-order valence-corrected chi connectivity index (χ2v) is 6.04. The third kappa shape index (κ3) is 2.79. The lowest BCUT2D eigenvalue weighted by molar-refractivity contribution is 0.164. The summed E-state index contributed by atoms with van der Waals surface area (Å²) in [5, 5.41) is 0. The summed E-state index contributed by atoms with van der Waals surface area (Å²) in [5.41, 5.74) is 13.7. The van der Waals surface area contributed by atoms with Crippen LogP contribution in [0.3, 0.4) is 0 Å². The van der Waals surface area contributed by atoms with Crippen molar-refractivity contribution in [3.8, 4) is 0 Å². The van der Waals surface area contributed by atoms with Gasteiger partial charge in [0.25, 0.3) is 0 Å². The average molecular weight is 316 g/mol. The Kier molecular flexibility index (Phi) is 4.01. The molecule has 24 heavy (non-hydrogen) atoms. The van der Waals surface area contributed by atoms with Gasteiger partial charge in [0.05, 0.1) is 25.5 Å². The lowest BCUT2D eigenvalue weighted by Gasteiger charge is -2.15. The van der Waals surface area contributed by atoms with Crippen LogP contribution in [0, 0.1) is 0 Å². The van der Waals surface area contributed by atoms with Crippen molar-refractivity contribution in [3.63, 3.8) is 0 Å². The molecule has 3 nitrogen and oxygen atoms in total. The molecule has 2 heterocycles. The molecule has 2 N–H and O–H groups in total. The lowest BCUT2D eigenvalue weighted by Crippen LogP contribution is -2.08. The molecule has 2 aliphatic heterocycles. The molecule has 0 aliphatic carbocycles. The van der Waals surface area contributed by atoms with Crippen LogP contribution in [-0.4, -0.2) is 25.5 Å². The van der Waals surface area contributed by atoms with Gasteiger partial charge in [0.2, 0.25) is 0 Å². The van der Waals surface area contributed by atoms with E-state index in [0.717, 1.165) is 41.1 Å². The number of hydrogen-bond acceptors (Lipinski definition) is 3. The third-order valence-electron chi connectivity index (χ3n) is 4.49. The van der Waals surface area contributed by atoms with Gasteiger partial charge in [-0.25, -0.2) is 0 Å². The molecule has 0 saturated carbocycles. The van der Waals surface area contributed by atoms with Gasteiger partial charge in [-0.3, -0.25) is 4.99 Å². The highest BCUT2D eigenvalue weighted by Crippen LogP contribution is 2.24. The average Bonchev–Trinajstić information content (AvgIpc) is 2.82. The quantitative estimate of drug-likeness (QED) is 0.919. The molecule has 4 rings (SSSR count). The van der Waals surface area contributed by atoms with E-state index in [1.807, 2.05) is 18.2 Å². The van der Waals surface area contributed by atoms with Crippen molar-refractivity contribution < 1.29 is 4.74 Å². The van der Waals surface area contributed by atoms with Crippen molar-refractivity contribution in [2.24, 2.45) is 10.7 Å². The van der Waals surface area contributed by atoms with Gasteiger partial charge < -0.3 is 10.5 Å². The van der Waals surface area contributed by atoms with Gasteiger partial charge in [-0.2, -0.15) is 0 Å². The minimum atomic E-state index is 0.608. The number of ether oxygens (including phenoxy) is 1. The van der Waals surface area contributed by atoms with Crippen molar-refractivity contribution in [3.05, 3.63) is 82.9 Å². The Hall–Kier alpha value is -2.65. The van der Waals surface area contributed by atoms with Crippen LogP contribution >= 0.6 is 0 Å². The van der Waals surface area contributed by atoms with Crippen LogP contribution in [0.5, 0.6) is 0 Å². The molecule has 120 valence electrons. The third-order valence-corrected chi connectivity index (χ3v) is 4.49. The van der Waals surface area contributed by atoms with Gasteiger partial charge in [0.1, 0.15) is 0 Å². The van der Waals surface area contributed by atoms with Crippen molar-refractivity contribution in [1.29, 1.82) is 0 Å². The molecule has 0 saturated heterocycles. The minimum absolute atomic E-state index is 0.608. The fourth-order valence-corrected chi connectivity index (χ4v) is 3.22. The summed E-state index contributed by atoms with van der Waals surface area (Å²) in [6.07, 6.45) is 5.23. The first kappa shape index (κ1) is 14.9. The van der Waals surface area contributed by atoms with Gasteiger partial charge in [-0.1, -0.05) is 54.6 Å². The van der Waals surface area contributed by atoms with Gasteiger partial charge in [-0.05, 0) is 23.6 Å². The van der Waals surface area contributed by atoms with Crippen molar-refractivity contribution in [1.82, 2.24) is 0 Å². The molecule has 3 heteroatoms. The Morgan fingerprint density at radius 1 is 0.875 bits per heavy atom. The summed E-state index contributed by atoms with van der Waals surface area (Å²) in [5.74, 6) is 0. The van der Waals surface area contributed by atoms with E-state index in [4.69, 9.17) is 15.5 Å². The normalized spacial score (nSPS) is 17.2. The molecule has 0 radical (unpaired) electrons. The van der Waals surface area contributed by atoms with E-state index >= 15 is 0 Å². The van der Waals surface area contributed by atoms with Crippen LogP contribution in [0.25, 0.3) is 11.3 Å². The predicted molar refractivity (Wildman–Crippen MR) is 99.0 cm³/mol. The summed E-state index contributed by atoms with van der Waals surface area (Å²) in [6, 6.07) is 16.8. The van der Waals surface area contributed by atoms with Crippen molar-refractivity contribution in [2.75, 3.05) is 19.8 Å². The van der Waals surface area contributed by atoms with Gasteiger partial charge in [-0.15, -0.1) is 0 Å². The zero-order valence-corrected chi connectivity index (χ0v) is 13.5. The zero-order valence-electron chi connectivity index (χ0n) is 13.5. The summed E-state index contributed by atoms with van der Waals surface area (Å²) in [7, 11) is 0. The Balaban J connectivity index is 1.70. The topological polar surface area (TPSA) is 47.6 Å². The van der Waals surface area contributed by atoms with Gasteiger partial charge >= 0.3 is 0 Å². The van der Waals surface area contributed by atoms with E-state index in [-0.39, 0.29) is 0 Å². The molecule has 0 aromatic heterocycles. The largest absolute Gasteiger partial charge is 0.398 e. The molecule has 2 aromatic rings. The number of nitrogens with two attached hydrogens (primary N) is 1. The molecular formula is C21H20N2O. The smallest absolute Gasteiger partial charge is 0.0729 e. The fourth-order valence-electron chi connectivity index (χ4n) is 3.22. The molecule has 0 spiro atoms. The van der Waals surface area contributed by atoms with Gasteiger partial charge in [0.15, 0.2) is 0 Å². The molecule has 0 unspecified atom stereocenters. The van der Waals surface area contributed by atoms with Gasteiger partial charge in [0, 0.05) is 22.4 Å². The molecule has 0 fully saturated rings. The first-order valence-electron chi connectivity index (χ1n) is 8.30. The molecule has 2 aliphatic rings. The van der Waals surface area contributed by atoms with Crippen LogP contribution < -0.4 is 5.73 Å². The molecule has 0 amide bonds. The monoisotopic (exact) mass is 316 g/mol. The maximum absolute atomic E-state index is 6.17. The van der Waals surface area contributed by atoms with Crippen LogP contribution in [0.2, 0.25) is 0 Å². The van der Waals surface area contributed by atoms with E-state index in [1.54, 1.807) is 0 Å². The number of benzene rings is 2. The number of hydrogen-bond donors (Lipinski definition) is 1. The Morgan fingerprint density at radius 2 is 1.62 bits per heavy atom. The highest BCUT2D eigenvalue weighted by Gasteiger charge is 2.15. The highest BCUT2D eigenvalue weighted by atomic mass is 16.5. The van der Waals surface area contributed by atoms with E-state index in [9.17, 15) is 0 Å². The summed E-state index contributed by atoms with van der Waals surface area (Å²) < 4.78 is 5.55. The number of rotatable bonds is 2. The van der Waals surface area contributed by atoms with E-state index in [0.29, 0.717) is 13.2 Å². The van der Waals surface area contributed by atoms with E-state index in [1.165, 1.54) is 11.1 Å². The standard InChI is InChI=1S/C21H20N2O/c22-20-11-12-23-21(19-6-2-1-5-18(19)20)16-9-7-15(8-10-16)17-4-3-13-24-14-17/h1-2,4-11H,3,12-14,22H2. The van der Waals surface area contributed by atoms with Crippen LogP contribution in [-0.2, 0) is 4.74 Å². The summed E-state index contributed by atoms with van der Waals surface area (Å²) >= 11 is 0. The number of nitrogens with zero attached hydrogens (tertiary/aromatic N) is 1. The molecule has 2 aromatic carbocycles. The Labute approximate surface area is 142 Å². The Bertz CT molecular complexity index is 844. The number of aliphatic imine (C=N–C) groups is 1. The minimum Gasteiger partial charge on any atom is -0.398 e. The van der Waals surface area contributed by atoms with Crippen LogP contribution in [0.4, 0.5) is 0 Å². The summed E-state index contributed by atoms with van der Waals surface area (Å²) in [6.45, 7) is 2.13. The number of fused-ring (bicyclic) bond motifs is 1. The maximum atomic E-state index is 6.17. The van der Waals surface area contributed by atoms with E-state index < -0.39 is 0 Å². The summed E-state index contributed by atoms with van der Waals surface area (Å²) in [4.78, 5) is 4.75. The SMILES string of the molecule is NC1=CCN=C(c2ccc(C3=CCCOC3)cc2)c2ccccc21. The predicted octanol–water partition coefficient (Wildman–Crippen LogP) is 3.64. The molecule has 0 bridgehead atoms. The van der Waals surface area contributed by atoms with Crippen molar-refractivity contribution in [2.45, 2.75) is 6.42 Å². The first-order valence-corrected chi connectivity index (χ1v) is 8.30. The maximum Gasteiger partial charge on any atom is 0.0729 e. The zero-order chi connectivity index (χ0) is 16.4. The second-order valence-electron chi connectivity index (χ2n) is 6.04. The van der Waals surface area contributed by atoms with Crippen LogP contribution in [0.15, 0.2) is 65.7 Å². The highest BCUT2D eigenvalue weighted by molar-refractivity contribution is 6.15. The first-order chi connectivity index (χ1) is 11.8. The van der Waals surface area contributed by atoms with Crippen LogP contribution in [0.1, 0.15) is 28.7 Å². The molecular weight excluding hydrogens is 296 g/mol. The second kappa shape index (κ2) is 6.46. The van der Waals surface area contributed by atoms with E-state index in [2.05, 4.69) is 42.5 Å². The Morgan fingerprint density at radius 3 is 2.38 bits per heavy atom. The van der Waals surface area contributed by atoms with Crippen molar-refractivity contribution >= 4 is 17.0 Å². The fraction of sp³-hybridized carbons (Fsp3) is 0.190. The lowest BCUT2D eigenvalue weighted by atomic mass is 9.94.